The first-order valence-electron chi connectivity index (χ1n) is 7.26. The first kappa shape index (κ1) is 14.9. The molecular weight excluding hydrogens is 296 g/mol. The van der Waals surface area contributed by atoms with Gasteiger partial charge in [0.25, 0.3) is 5.91 Å². The van der Waals surface area contributed by atoms with Gasteiger partial charge < -0.3 is 15.3 Å². The van der Waals surface area contributed by atoms with Crippen LogP contribution in [0.5, 0.6) is 17.2 Å². The van der Waals surface area contributed by atoms with Crippen molar-refractivity contribution in [2.75, 3.05) is 0 Å². The molecule has 0 bridgehead atoms. The maximum Gasteiger partial charge on any atom is 0.271 e. The molecule has 0 radical (unpaired) electrons. The van der Waals surface area contributed by atoms with Gasteiger partial charge in [-0.3, -0.25) is 4.79 Å². The Bertz CT molecular complexity index is 776. The van der Waals surface area contributed by atoms with Gasteiger partial charge in [0.05, 0.1) is 5.71 Å². The summed E-state index contributed by atoms with van der Waals surface area (Å²) in [6, 6.07) is 10.1. The lowest BCUT2D eigenvalue weighted by Gasteiger charge is -2.17. The molecule has 0 fully saturated rings. The lowest BCUT2D eigenvalue weighted by molar-refractivity contribution is 0.0954. The number of benzene rings is 2. The van der Waals surface area contributed by atoms with Gasteiger partial charge >= 0.3 is 0 Å². The van der Waals surface area contributed by atoms with Crippen LogP contribution in [0.2, 0.25) is 0 Å². The van der Waals surface area contributed by atoms with Crippen LogP contribution in [0.1, 0.15) is 34.3 Å². The van der Waals surface area contributed by atoms with Crippen LogP contribution in [0, 0.1) is 0 Å². The molecule has 0 unspecified atom stereocenters. The van der Waals surface area contributed by atoms with Gasteiger partial charge in [0.2, 0.25) is 0 Å². The Balaban J connectivity index is 1.82. The fourth-order valence-electron chi connectivity index (χ4n) is 2.64. The van der Waals surface area contributed by atoms with E-state index in [0.717, 1.165) is 42.7 Å². The first-order valence-corrected chi connectivity index (χ1v) is 7.26. The minimum absolute atomic E-state index is 0.00578. The average molecular weight is 312 g/mol. The highest BCUT2D eigenvalue weighted by Crippen LogP contribution is 2.35. The Hall–Kier alpha value is -3.02. The lowest BCUT2D eigenvalue weighted by atomic mass is 9.90. The zero-order valence-electron chi connectivity index (χ0n) is 12.3. The molecule has 23 heavy (non-hydrogen) atoms. The van der Waals surface area contributed by atoms with Crippen molar-refractivity contribution in [3.05, 3.63) is 53.1 Å². The summed E-state index contributed by atoms with van der Waals surface area (Å²) in [5.41, 5.74) is 5.46. The summed E-state index contributed by atoms with van der Waals surface area (Å²) < 4.78 is 0. The van der Waals surface area contributed by atoms with Gasteiger partial charge in [-0.05, 0) is 37.0 Å². The molecule has 6 nitrogen and oxygen atoms in total. The van der Waals surface area contributed by atoms with Crippen LogP contribution >= 0.6 is 0 Å². The number of carbonyl (C=O) groups is 1. The number of phenolic OH excluding ortho intramolecular Hbond substituents is 3. The summed E-state index contributed by atoms with van der Waals surface area (Å²) in [4.78, 5) is 12.1. The standard InChI is InChI=1S/C17H16N2O4/c20-14-8-11(9-15(21)16(14)22)17(23)19-18-13-7-3-5-10-4-1-2-6-12(10)13/h1-2,4,6,8-9,20-22H,3,5,7H2,(H,19,23). The molecule has 0 saturated heterocycles. The zero-order valence-corrected chi connectivity index (χ0v) is 12.3. The molecule has 0 heterocycles. The Morgan fingerprint density at radius 2 is 1.74 bits per heavy atom. The highest BCUT2D eigenvalue weighted by Gasteiger charge is 2.16. The Labute approximate surface area is 132 Å². The molecule has 2 aromatic rings. The number of fused-ring (bicyclic) bond motifs is 1. The van der Waals surface area contributed by atoms with E-state index in [1.54, 1.807) is 0 Å². The molecule has 4 N–H and O–H groups in total. The number of hydrazone groups is 1. The minimum Gasteiger partial charge on any atom is -0.504 e. The molecular formula is C17H16N2O4. The van der Waals surface area contributed by atoms with Crippen molar-refractivity contribution < 1.29 is 20.1 Å². The van der Waals surface area contributed by atoms with Crippen LogP contribution in [-0.2, 0) is 6.42 Å². The molecule has 6 heteroatoms. The van der Waals surface area contributed by atoms with Crippen LogP contribution in [-0.4, -0.2) is 26.9 Å². The summed E-state index contributed by atoms with van der Waals surface area (Å²) in [6.45, 7) is 0. The third kappa shape index (κ3) is 2.96. The second kappa shape index (κ2) is 6.00. The van der Waals surface area contributed by atoms with Gasteiger partial charge in [-0.1, -0.05) is 24.3 Å². The second-order valence-corrected chi connectivity index (χ2v) is 5.37. The monoisotopic (exact) mass is 312 g/mol. The van der Waals surface area contributed by atoms with E-state index in [1.807, 2.05) is 24.3 Å². The predicted octanol–water partition coefficient (Wildman–Crippen LogP) is 2.27. The minimum atomic E-state index is -0.658. The number of rotatable bonds is 2. The number of aromatic hydroxyl groups is 3. The average Bonchev–Trinajstić information content (AvgIpc) is 2.57. The fourth-order valence-corrected chi connectivity index (χ4v) is 2.64. The smallest absolute Gasteiger partial charge is 0.271 e. The molecule has 1 amide bonds. The van der Waals surface area contributed by atoms with Crippen LogP contribution < -0.4 is 5.43 Å². The molecule has 3 rings (SSSR count). The topological polar surface area (TPSA) is 102 Å². The highest BCUT2D eigenvalue weighted by atomic mass is 16.3. The molecule has 0 atom stereocenters. The summed E-state index contributed by atoms with van der Waals surface area (Å²) in [5, 5.41) is 32.4. The largest absolute Gasteiger partial charge is 0.504 e. The van der Waals surface area contributed by atoms with Gasteiger partial charge in [-0.25, -0.2) is 5.43 Å². The lowest BCUT2D eigenvalue weighted by Crippen LogP contribution is -2.22. The van der Waals surface area contributed by atoms with Crippen molar-refractivity contribution in [2.45, 2.75) is 19.3 Å². The number of nitrogens with zero attached hydrogens (tertiary/aromatic N) is 1. The highest BCUT2D eigenvalue weighted by molar-refractivity contribution is 6.04. The maximum atomic E-state index is 12.1. The van der Waals surface area contributed by atoms with Crippen molar-refractivity contribution in [1.82, 2.24) is 5.43 Å². The summed E-state index contributed by atoms with van der Waals surface area (Å²) >= 11 is 0. The van der Waals surface area contributed by atoms with Gasteiger partial charge in [-0.15, -0.1) is 0 Å². The zero-order chi connectivity index (χ0) is 16.4. The number of hydrogen-bond donors (Lipinski definition) is 4. The number of aryl methyl sites for hydroxylation is 1. The van der Waals surface area contributed by atoms with Crippen LogP contribution in [0.3, 0.4) is 0 Å². The summed E-state index contributed by atoms with van der Waals surface area (Å²) in [7, 11) is 0. The second-order valence-electron chi connectivity index (χ2n) is 5.37. The van der Waals surface area contributed by atoms with Crippen LogP contribution in [0.15, 0.2) is 41.5 Å². The van der Waals surface area contributed by atoms with Gasteiger partial charge in [0.15, 0.2) is 17.2 Å². The number of amides is 1. The van der Waals surface area contributed by atoms with Crippen molar-refractivity contribution in [3.63, 3.8) is 0 Å². The molecule has 0 spiro atoms. The first-order chi connectivity index (χ1) is 11.1. The third-order valence-corrected chi connectivity index (χ3v) is 3.81. The summed E-state index contributed by atoms with van der Waals surface area (Å²) in [6.07, 6.45) is 2.72. The maximum absolute atomic E-state index is 12.1. The Kier molecular flexibility index (Phi) is 3.89. The molecule has 0 aromatic heterocycles. The third-order valence-electron chi connectivity index (χ3n) is 3.81. The Morgan fingerprint density at radius 3 is 2.48 bits per heavy atom. The number of carbonyl (C=O) groups excluding carboxylic acids is 1. The van der Waals surface area contributed by atoms with E-state index in [4.69, 9.17) is 0 Å². The fraction of sp³-hybridized carbons (Fsp3) is 0.176. The van der Waals surface area contributed by atoms with E-state index in [1.165, 1.54) is 5.56 Å². The van der Waals surface area contributed by atoms with E-state index in [-0.39, 0.29) is 5.56 Å². The van der Waals surface area contributed by atoms with Gasteiger partial charge in [0, 0.05) is 11.1 Å². The molecule has 1 aliphatic carbocycles. The SMILES string of the molecule is O=C(NN=C1CCCc2ccccc21)c1cc(O)c(O)c(O)c1. The van der Waals surface area contributed by atoms with Crippen molar-refractivity contribution in [2.24, 2.45) is 5.10 Å². The van der Waals surface area contributed by atoms with Gasteiger partial charge in [0.1, 0.15) is 0 Å². The van der Waals surface area contributed by atoms with E-state index in [0.29, 0.717) is 0 Å². The normalized spacial score (nSPS) is 15.2. The molecule has 0 aliphatic heterocycles. The predicted molar refractivity (Wildman–Crippen MR) is 84.8 cm³/mol. The van der Waals surface area contributed by atoms with Crippen molar-refractivity contribution >= 4 is 11.6 Å². The molecule has 0 saturated carbocycles. The van der Waals surface area contributed by atoms with E-state index in [2.05, 4.69) is 10.5 Å². The summed E-state index contributed by atoms with van der Waals surface area (Å²) in [5.74, 6) is -2.36. The van der Waals surface area contributed by atoms with Gasteiger partial charge in [-0.2, -0.15) is 5.10 Å². The van der Waals surface area contributed by atoms with Crippen molar-refractivity contribution in [1.29, 1.82) is 0 Å². The van der Waals surface area contributed by atoms with E-state index < -0.39 is 23.2 Å². The molecule has 1 aliphatic rings. The van der Waals surface area contributed by atoms with Crippen molar-refractivity contribution in [3.8, 4) is 17.2 Å². The van der Waals surface area contributed by atoms with Crippen LogP contribution in [0.25, 0.3) is 0 Å². The van der Waals surface area contributed by atoms with E-state index >= 15 is 0 Å². The van der Waals surface area contributed by atoms with Crippen LogP contribution in [0.4, 0.5) is 0 Å². The number of nitrogens with one attached hydrogen (secondary N) is 1. The molecule has 2 aromatic carbocycles. The number of hydrogen-bond acceptors (Lipinski definition) is 5. The van der Waals surface area contributed by atoms with E-state index in [9.17, 15) is 20.1 Å². The quantitative estimate of drug-likeness (QED) is 0.504. The number of phenols is 3. The Morgan fingerprint density at radius 1 is 1.04 bits per heavy atom. The molecule has 118 valence electrons.